The molecular formula is C23H19N3OS2. The Labute approximate surface area is 178 Å². The third-order valence-corrected chi connectivity index (χ3v) is 5.80. The van der Waals surface area contributed by atoms with Crippen LogP contribution in [-0.4, -0.2) is 16.0 Å². The predicted octanol–water partition coefficient (Wildman–Crippen LogP) is 5.71. The fraction of sp³-hybridized carbons (Fsp3) is 0.0870. The van der Waals surface area contributed by atoms with E-state index in [1.165, 1.54) is 0 Å². The zero-order valence-electron chi connectivity index (χ0n) is 16.0. The van der Waals surface area contributed by atoms with Gasteiger partial charge in [0.15, 0.2) is 5.11 Å². The van der Waals surface area contributed by atoms with E-state index in [0.29, 0.717) is 5.56 Å². The highest BCUT2D eigenvalue weighted by Gasteiger charge is 2.12. The Hall–Kier alpha value is -3.09. The number of anilines is 1. The zero-order valence-corrected chi connectivity index (χ0v) is 17.7. The first kappa shape index (κ1) is 19.2. The van der Waals surface area contributed by atoms with E-state index < -0.39 is 0 Å². The number of carbonyl (C=O) groups excluding carboxylic acids is 1. The second-order valence-electron chi connectivity index (χ2n) is 6.79. The van der Waals surface area contributed by atoms with E-state index in [4.69, 9.17) is 17.2 Å². The molecule has 6 heteroatoms. The molecule has 0 radical (unpaired) electrons. The highest BCUT2D eigenvalue weighted by atomic mass is 32.1. The van der Waals surface area contributed by atoms with Crippen molar-refractivity contribution in [3.8, 4) is 10.6 Å². The highest BCUT2D eigenvalue weighted by molar-refractivity contribution is 7.80. The summed E-state index contributed by atoms with van der Waals surface area (Å²) in [7, 11) is 0. The number of nitrogens with one attached hydrogen (secondary N) is 2. The van der Waals surface area contributed by atoms with Crippen LogP contribution in [0.4, 0.5) is 5.69 Å². The van der Waals surface area contributed by atoms with Gasteiger partial charge in [-0.15, -0.1) is 11.3 Å². The minimum Gasteiger partial charge on any atom is -0.332 e. The van der Waals surface area contributed by atoms with Gasteiger partial charge in [0.2, 0.25) is 0 Å². The Morgan fingerprint density at radius 2 is 1.83 bits per heavy atom. The number of aryl methyl sites for hydroxylation is 2. The van der Waals surface area contributed by atoms with Gasteiger partial charge in [-0.2, -0.15) is 0 Å². The molecule has 0 saturated heterocycles. The maximum absolute atomic E-state index is 12.5. The minimum atomic E-state index is -0.220. The third-order valence-electron chi connectivity index (χ3n) is 4.51. The number of aromatic nitrogens is 1. The number of nitrogens with zero attached hydrogens (tertiary/aromatic N) is 1. The molecule has 1 heterocycles. The molecule has 4 rings (SSSR count). The molecule has 3 aromatic carbocycles. The number of thiocarbonyl (C=S) groups is 1. The summed E-state index contributed by atoms with van der Waals surface area (Å²) in [6.07, 6.45) is 0. The normalized spacial score (nSPS) is 10.7. The second-order valence-corrected chi connectivity index (χ2v) is 8.23. The first-order valence-corrected chi connectivity index (χ1v) is 10.4. The van der Waals surface area contributed by atoms with Crippen molar-refractivity contribution < 1.29 is 4.79 Å². The van der Waals surface area contributed by atoms with E-state index in [2.05, 4.69) is 16.7 Å². The molecule has 2 N–H and O–H groups in total. The number of amides is 1. The number of fused-ring (bicyclic) bond motifs is 1. The number of hydrogen-bond donors (Lipinski definition) is 2. The predicted molar refractivity (Wildman–Crippen MR) is 125 cm³/mol. The molecule has 0 saturated carbocycles. The van der Waals surface area contributed by atoms with Gasteiger partial charge >= 0.3 is 0 Å². The Kier molecular flexibility index (Phi) is 5.38. The van der Waals surface area contributed by atoms with Crippen molar-refractivity contribution in [2.75, 3.05) is 5.32 Å². The lowest BCUT2D eigenvalue weighted by molar-refractivity contribution is 0.0977. The SMILES string of the molecule is Cc1ccc(C(=O)NC(=S)Nc2cccc(-c3nc4ccccc4s3)c2)c(C)c1. The van der Waals surface area contributed by atoms with Crippen LogP contribution in [0.2, 0.25) is 0 Å². The topological polar surface area (TPSA) is 54.0 Å². The number of rotatable bonds is 3. The number of hydrogen-bond acceptors (Lipinski definition) is 4. The summed E-state index contributed by atoms with van der Waals surface area (Å²) < 4.78 is 1.15. The van der Waals surface area contributed by atoms with Crippen molar-refractivity contribution in [1.82, 2.24) is 10.3 Å². The highest BCUT2D eigenvalue weighted by Crippen LogP contribution is 2.31. The van der Waals surface area contributed by atoms with Crippen molar-refractivity contribution >= 4 is 50.5 Å². The van der Waals surface area contributed by atoms with Gasteiger partial charge in [-0.1, -0.05) is 42.0 Å². The molecule has 0 fully saturated rings. The Bertz CT molecular complexity index is 1200. The Morgan fingerprint density at radius 1 is 1.00 bits per heavy atom. The molecule has 0 aliphatic rings. The first-order valence-electron chi connectivity index (χ1n) is 9.15. The van der Waals surface area contributed by atoms with Gasteiger partial charge in [-0.25, -0.2) is 4.98 Å². The second kappa shape index (κ2) is 8.11. The minimum absolute atomic E-state index is 0.220. The standard InChI is InChI=1S/C23H19N3OS2/c1-14-10-11-18(15(2)12-14)21(27)26-23(28)24-17-7-5-6-16(13-17)22-25-19-8-3-4-9-20(19)29-22/h3-13H,1-2H3,(H2,24,26,27,28). The van der Waals surface area contributed by atoms with Crippen LogP contribution >= 0.6 is 23.6 Å². The molecule has 144 valence electrons. The van der Waals surface area contributed by atoms with E-state index in [1.807, 2.05) is 74.5 Å². The van der Waals surface area contributed by atoms with Gasteiger partial charge in [0.1, 0.15) is 5.01 Å². The fourth-order valence-electron chi connectivity index (χ4n) is 3.13. The van der Waals surface area contributed by atoms with Gasteiger partial charge in [0, 0.05) is 16.8 Å². The molecule has 0 aliphatic heterocycles. The summed E-state index contributed by atoms with van der Waals surface area (Å²) in [4.78, 5) is 17.2. The average Bonchev–Trinajstić information content (AvgIpc) is 3.12. The van der Waals surface area contributed by atoms with Crippen molar-refractivity contribution in [1.29, 1.82) is 0 Å². The third kappa shape index (κ3) is 4.34. The maximum atomic E-state index is 12.5. The first-order chi connectivity index (χ1) is 14.0. The summed E-state index contributed by atoms with van der Waals surface area (Å²) in [5, 5.41) is 7.05. The summed E-state index contributed by atoms with van der Waals surface area (Å²) in [6, 6.07) is 21.6. The molecule has 0 aliphatic carbocycles. The van der Waals surface area contributed by atoms with E-state index in [-0.39, 0.29) is 11.0 Å². The quantitative estimate of drug-likeness (QED) is 0.420. The lowest BCUT2D eigenvalue weighted by Gasteiger charge is -2.12. The van der Waals surface area contributed by atoms with Crippen LogP contribution in [0.25, 0.3) is 20.8 Å². The van der Waals surface area contributed by atoms with Crippen LogP contribution in [0.5, 0.6) is 0 Å². The molecule has 0 unspecified atom stereocenters. The number of thiazole rings is 1. The average molecular weight is 418 g/mol. The molecule has 1 amide bonds. The van der Waals surface area contributed by atoms with Gasteiger partial charge in [0.05, 0.1) is 10.2 Å². The van der Waals surface area contributed by atoms with Crippen LogP contribution < -0.4 is 10.6 Å². The Morgan fingerprint density at radius 3 is 2.62 bits per heavy atom. The van der Waals surface area contributed by atoms with Gasteiger partial charge < -0.3 is 5.32 Å². The van der Waals surface area contributed by atoms with Crippen molar-refractivity contribution in [3.63, 3.8) is 0 Å². The zero-order chi connectivity index (χ0) is 20.4. The van der Waals surface area contributed by atoms with Crippen LogP contribution in [0, 0.1) is 13.8 Å². The number of para-hydroxylation sites is 1. The largest absolute Gasteiger partial charge is 0.332 e. The monoisotopic (exact) mass is 417 g/mol. The summed E-state index contributed by atoms with van der Waals surface area (Å²) in [6.45, 7) is 3.92. The van der Waals surface area contributed by atoms with E-state index in [0.717, 1.165) is 37.6 Å². The smallest absolute Gasteiger partial charge is 0.257 e. The van der Waals surface area contributed by atoms with Crippen molar-refractivity contribution in [2.24, 2.45) is 0 Å². The van der Waals surface area contributed by atoms with Gasteiger partial charge in [0.25, 0.3) is 5.91 Å². The van der Waals surface area contributed by atoms with Crippen LogP contribution in [0.3, 0.4) is 0 Å². The number of benzene rings is 3. The summed E-state index contributed by atoms with van der Waals surface area (Å²) in [5.74, 6) is -0.220. The fourth-order valence-corrected chi connectivity index (χ4v) is 4.30. The molecular weight excluding hydrogens is 398 g/mol. The molecule has 29 heavy (non-hydrogen) atoms. The van der Waals surface area contributed by atoms with E-state index in [9.17, 15) is 4.79 Å². The van der Waals surface area contributed by atoms with E-state index in [1.54, 1.807) is 11.3 Å². The lowest BCUT2D eigenvalue weighted by atomic mass is 10.1. The van der Waals surface area contributed by atoms with Gasteiger partial charge in [-0.05, 0) is 62.0 Å². The maximum Gasteiger partial charge on any atom is 0.257 e. The van der Waals surface area contributed by atoms with Gasteiger partial charge in [-0.3, -0.25) is 10.1 Å². The molecule has 0 bridgehead atoms. The number of carbonyl (C=O) groups is 1. The summed E-state index contributed by atoms with van der Waals surface area (Å²) >= 11 is 6.98. The van der Waals surface area contributed by atoms with Crippen molar-refractivity contribution in [3.05, 3.63) is 83.4 Å². The molecule has 1 aromatic heterocycles. The van der Waals surface area contributed by atoms with Crippen LogP contribution in [-0.2, 0) is 0 Å². The Balaban J connectivity index is 1.48. The van der Waals surface area contributed by atoms with Crippen molar-refractivity contribution in [2.45, 2.75) is 13.8 Å². The van der Waals surface area contributed by atoms with Crippen LogP contribution in [0.15, 0.2) is 66.7 Å². The van der Waals surface area contributed by atoms with E-state index >= 15 is 0 Å². The summed E-state index contributed by atoms with van der Waals surface area (Å²) in [5.41, 5.74) is 5.44. The lowest BCUT2D eigenvalue weighted by Crippen LogP contribution is -2.34. The molecule has 4 nitrogen and oxygen atoms in total. The molecule has 0 spiro atoms. The molecule has 4 aromatic rings. The molecule has 0 atom stereocenters. The van der Waals surface area contributed by atoms with Crippen LogP contribution in [0.1, 0.15) is 21.5 Å².